The molecule has 1 aliphatic rings. The van der Waals surface area contributed by atoms with Crippen LogP contribution in [0.2, 0.25) is 0 Å². The van der Waals surface area contributed by atoms with Gasteiger partial charge in [-0.1, -0.05) is 30.3 Å². The maximum atomic E-state index is 12.1. The molecule has 2 rings (SSSR count). The second-order valence-corrected chi connectivity index (χ2v) is 7.12. The molecule has 1 aromatic carbocycles. The minimum Gasteiger partial charge on any atom is -0.381 e. The van der Waals surface area contributed by atoms with E-state index in [1.54, 1.807) is 24.3 Å². The molecule has 1 aromatic rings. The molecule has 4 nitrogen and oxygen atoms in total. The lowest BCUT2D eigenvalue weighted by Gasteiger charge is -2.21. The quantitative estimate of drug-likeness (QED) is 0.773. The summed E-state index contributed by atoms with van der Waals surface area (Å²) >= 11 is 0. The monoisotopic (exact) mass is 282 g/mol. The summed E-state index contributed by atoms with van der Waals surface area (Å²) < 4.78 is 29.4. The maximum absolute atomic E-state index is 12.1. The van der Waals surface area contributed by atoms with Crippen molar-refractivity contribution in [3.8, 4) is 0 Å². The molecule has 0 saturated carbocycles. The molecule has 0 aromatic heterocycles. The number of rotatable bonds is 5. The van der Waals surface area contributed by atoms with Crippen LogP contribution in [-0.4, -0.2) is 38.4 Å². The number of ketones is 1. The van der Waals surface area contributed by atoms with Crippen LogP contribution in [0.4, 0.5) is 0 Å². The highest BCUT2D eigenvalue weighted by Gasteiger charge is 2.28. The van der Waals surface area contributed by atoms with Gasteiger partial charge in [0, 0.05) is 25.2 Å². The Balaban J connectivity index is 1.92. The highest BCUT2D eigenvalue weighted by Crippen LogP contribution is 2.18. The van der Waals surface area contributed by atoms with Gasteiger partial charge >= 0.3 is 0 Å². The summed E-state index contributed by atoms with van der Waals surface area (Å²) in [6, 6.07) is 8.81. The third kappa shape index (κ3) is 3.88. The van der Waals surface area contributed by atoms with Gasteiger partial charge in [0.2, 0.25) is 0 Å². The van der Waals surface area contributed by atoms with Crippen molar-refractivity contribution in [2.75, 3.05) is 19.0 Å². The summed E-state index contributed by atoms with van der Waals surface area (Å²) in [7, 11) is -3.19. The molecule has 0 spiro atoms. The lowest BCUT2D eigenvalue weighted by Crippen LogP contribution is -2.31. The first-order chi connectivity index (χ1) is 9.09. The predicted octanol–water partition coefficient (Wildman–Crippen LogP) is 1.85. The molecule has 1 heterocycles. The summed E-state index contributed by atoms with van der Waals surface area (Å²) in [5, 5.41) is -0.343. The van der Waals surface area contributed by atoms with Crippen LogP contribution in [0.5, 0.6) is 0 Å². The Morgan fingerprint density at radius 2 is 1.79 bits per heavy atom. The first kappa shape index (κ1) is 14.2. The van der Waals surface area contributed by atoms with E-state index in [0.717, 1.165) is 0 Å². The van der Waals surface area contributed by atoms with E-state index >= 15 is 0 Å². The highest BCUT2D eigenvalue weighted by molar-refractivity contribution is 7.92. The predicted molar refractivity (Wildman–Crippen MR) is 73.0 cm³/mol. The molecule has 1 aliphatic heterocycles. The van der Waals surface area contributed by atoms with Crippen LogP contribution in [0.15, 0.2) is 30.3 Å². The van der Waals surface area contributed by atoms with E-state index in [1.807, 2.05) is 6.07 Å². The van der Waals surface area contributed by atoms with Gasteiger partial charge < -0.3 is 4.74 Å². The van der Waals surface area contributed by atoms with Crippen molar-refractivity contribution in [1.82, 2.24) is 0 Å². The summed E-state index contributed by atoms with van der Waals surface area (Å²) in [6.45, 7) is 0.993. The Morgan fingerprint density at radius 1 is 1.16 bits per heavy atom. The van der Waals surface area contributed by atoms with Crippen LogP contribution < -0.4 is 0 Å². The van der Waals surface area contributed by atoms with Gasteiger partial charge in [0.1, 0.15) is 0 Å². The number of carbonyl (C=O) groups is 1. The van der Waals surface area contributed by atoms with E-state index in [4.69, 9.17) is 4.74 Å². The van der Waals surface area contributed by atoms with E-state index < -0.39 is 9.84 Å². The first-order valence-corrected chi connectivity index (χ1v) is 8.19. The standard InChI is InChI=1S/C14H18O4S/c15-14(12-4-2-1-3-5-12)8-11-19(16,17)13-6-9-18-10-7-13/h1-5,13H,6-11H2. The number of hydrogen-bond donors (Lipinski definition) is 0. The lowest BCUT2D eigenvalue weighted by molar-refractivity contribution is 0.0977. The zero-order chi connectivity index (χ0) is 13.7. The molecule has 0 aliphatic carbocycles. The third-order valence-corrected chi connectivity index (χ3v) is 5.65. The van der Waals surface area contributed by atoms with E-state index in [2.05, 4.69) is 0 Å². The Hall–Kier alpha value is -1.20. The van der Waals surface area contributed by atoms with Gasteiger partial charge in [-0.15, -0.1) is 0 Å². The number of sulfone groups is 1. The van der Waals surface area contributed by atoms with Gasteiger partial charge in [0.05, 0.1) is 11.0 Å². The minimum absolute atomic E-state index is 0.0592. The molecule has 1 saturated heterocycles. The van der Waals surface area contributed by atoms with Crippen molar-refractivity contribution in [3.05, 3.63) is 35.9 Å². The van der Waals surface area contributed by atoms with Crippen LogP contribution in [-0.2, 0) is 14.6 Å². The molecule has 19 heavy (non-hydrogen) atoms. The topological polar surface area (TPSA) is 60.4 Å². The Kier molecular flexibility index (Phi) is 4.71. The van der Waals surface area contributed by atoms with E-state index in [1.165, 1.54) is 0 Å². The maximum Gasteiger partial charge on any atom is 0.163 e. The molecule has 0 bridgehead atoms. The van der Waals surface area contributed by atoms with Crippen LogP contribution in [0.1, 0.15) is 29.6 Å². The molecule has 0 unspecified atom stereocenters. The van der Waals surface area contributed by atoms with Crippen molar-refractivity contribution < 1.29 is 17.9 Å². The van der Waals surface area contributed by atoms with Crippen molar-refractivity contribution in [2.45, 2.75) is 24.5 Å². The van der Waals surface area contributed by atoms with E-state index in [-0.39, 0.29) is 23.2 Å². The number of ether oxygens (including phenoxy) is 1. The molecule has 0 amide bonds. The summed E-state index contributed by atoms with van der Waals surface area (Å²) in [5.74, 6) is -0.179. The summed E-state index contributed by atoms with van der Waals surface area (Å²) in [5.41, 5.74) is 0.574. The average Bonchev–Trinajstić information content (AvgIpc) is 2.47. The molecular formula is C14H18O4S. The van der Waals surface area contributed by atoms with Crippen molar-refractivity contribution in [3.63, 3.8) is 0 Å². The zero-order valence-electron chi connectivity index (χ0n) is 10.7. The second kappa shape index (κ2) is 6.30. The third-order valence-electron chi connectivity index (χ3n) is 3.39. The number of hydrogen-bond acceptors (Lipinski definition) is 4. The fourth-order valence-corrected chi connectivity index (χ4v) is 3.92. The Morgan fingerprint density at radius 3 is 2.42 bits per heavy atom. The van der Waals surface area contributed by atoms with Gasteiger partial charge in [-0.2, -0.15) is 0 Å². The minimum atomic E-state index is -3.19. The smallest absolute Gasteiger partial charge is 0.163 e. The number of benzene rings is 1. The second-order valence-electron chi connectivity index (χ2n) is 4.72. The Bertz CT molecular complexity index is 516. The Labute approximate surface area is 113 Å². The highest BCUT2D eigenvalue weighted by atomic mass is 32.2. The van der Waals surface area contributed by atoms with Crippen molar-refractivity contribution in [2.24, 2.45) is 0 Å². The van der Waals surface area contributed by atoms with Crippen LogP contribution in [0.3, 0.4) is 0 Å². The van der Waals surface area contributed by atoms with Crippen LogP contribution in [0.25, 0.3) is 0 Å². The normalized spacial score (nSPS) is 17.3. The fraction of sp³-hybridized carbons (Fsp3) is 0.500. The zero-order valence-corrected chi connectivity index (χ0v) is 11.6. The number of carbonyl (C=O) groups excluding carboxylic acids is 1. The summed E-state index contributed by atoms with van der Waals surface area (Å²) in [6.07, 6.45) is 1.15. The van der Waals surface area contributed by atoms with E-state index in [0.29, 0.717) is 31.6 Å². The SMILES string of the molecule is O=C(CCS(=O)(=O)C1CCOCC1)c1ccccc1. The van der Waals surface area contributed by atoms with Crippen molar-refractivity contribution in [1.29, 1.82) is 0 Å². The largest absolute Gasteiger partial charge is 0.381 e. The number of Topliss-reactive ketones (excluding diaryl/α,β-unsaturated/α-hetero) is 1. The summed E-state index contributed by atoms with van der Waals surface area (Å²) in [4.78, 5) is 11.9. The lowest BCUT2D eigenvalue weighted by atomic mass is 10.1. The molecule has 0 N–H and O–H groups in total. The first-order valence-electron chi connectivity index (χ1n) is 6.47. The molecule has 104 valence electrons. The van der Waals surface area contributed by atoms with Crippen LogP contribution in [0, 0.1) is 0 Å². The van der Waals surface area contributed by atoms with Gasteiger partial charge in [-0.3, -0.25) is 4.79 Å². The fourth-order valence-electron chi connectivity index (χ4n) is 2.21. The van der Waals surface area contributed by atoms with Gasteiger partial charge in [-0.25, -0.2) is 8.42 Å². The molecule has 0 atom stereocenters. The molecule has 5 heteroatoms. The van der Waals surface area contributed by atoms with Gasteiger partial charge in [0.15, 0.2) is 15.6 Å². The van der Waals surface area contributed by atoms with Gasteiger partial charge in [-0.05, 0) is 12.8 Å². The van der Waals surface area contributed by atoms with Gasteiger partial charge in [0.25, 0.3) is 0 Å². The van der Waals surface area contributed by atoms with Crippen molar-refractivity contribution >= 4 is 15.6 Å². The van der Waals surface area contributed by atoms with E-state index in [9.17, 15) is 13.2 Å². The average molecular weight is 282 g/mol. The molecular weight excluding hydrogens is 264 g/mol. The molecule has 1 fully saturated rings. The van der Waals surface area contributed by atoms with Crippen LogP contribution >= 0.6 is 0 Å². The molecule has 0 radical (unpaired) electrons.